The van der Waals surface area contributed by atoms with Crippen molar-refractivity contribution in [3.63, 3.8) is 0 Å². The zero-order valence-electron chi connectivity index (χ0n) is 19.1. The van der Waals surface area contributed by atoms with Gasteiger partial charge in [0.15, 0.2) is 0 Å². The van der Waals surface area contributed by atoms with Crippen molar-refractivity contribution in [1.29, 1.82) is 0 Å². The van der Waals surface area contributed by atoms with Gasteiger partial charge in [0.1, 0.15) is 17.2 Å². The molecule has 31 heavy (non-hydrogen) atoms. The Morgan fingerprint density at radius 1 is 0.548 bits per heavy atom. The van der Waals surface area contributed by atoms with E-state index in [9.17, 15) is 4.57 Å². The van der Waals surface area contributed by atoms with Gasteiger partial charge in [-0.3, -0.25) is 0 Å². The summed E-state index contributed by atoms with van der Waals surface area (Å²) in [4.78, 5) is 0. The summed E-state index contributed by atoms with van der Waals surface area (Å²) in [6.07, 6.45) is 0. The lowest BCUT2D eigenvalue weighted by molar-refractivity contribution is 0.298. The largest absolute Gasteiger partial charge is 0.647 e. The Morgan fingerprint density at radius 2 is 0.935 bits per heavy atom. The Labute approximate surface area is 185 Å². The summed E-state index contributed by atoms with van der Waals surface area (Å²) < 4.78 is 31.3. The molecule has 0 radical (unpaired) electrons. The summed E-state index contributed by atoms with van der Waals surface area (Å²) >= 11 is 0. The predicted molar refractivity (Wildman–Crippen MR) is 126 cm³/mol. The highest BCUT2D eigenvalue weighted by Crippen LogP contribution is 2.50. The van der Waals surface area contributed by atoms with Crippen LogP contribution < -0.4 is 13.6 Å². The van der Waals surface area contributed by atoms with E-state index < -0.39 is 7.82 Å². The average molecular weight is 439 g/mol. The smallest absolute Gasteiger partial charge is 0.386 e. The monoisotopic (exact) mass is 438 g/mol. The Morgan fingerprint density at radius 3 is 1.35 bits per heavy atom. The number of phosphoric acid groups is 1. The van der Waals surface area contributed by atoms with Crippen LogP contribution >= 0.6 is 7.82 Å². The molecule has 4 nitrogen and oxygen atoms in total. The summed E-state index contributed by atoms with van der Waals surface area (Å²) in [6.45, 7) is 12.7. The fraction of sp³-hybridized carbons (Fsp3) is 0.308. The molecule has 3 aromatic rings. The van der Waals surface area contributed by atoms with Crippen molar-refractivity contribution in [1.82, 2.24) is 0 Å². The zero-order chi connectivity index (χ0) is 22.7. The standard InChI is InChI=1S/C26H31O4P/c1-25(2,3)20-12-10-16-23(18-20)29-31(27,28-22-14-8-7-9-15-22)30-24-17-11-13-21(19-24)26(4,5)6/h7-19H,1-6H3. The first-order valence-corrected chi connectivity index (χ1v) is 11.9. The molecule has 0 N–H and O–H groups in total. The fourth-order valence-electron chi connectivity index (χ4n) is 2.96. The van der Waals surface area contributed by atoms with E-state index in [1.165, 1.54) is 0 Å². The second-order valence-electron chi connectivity index (χ2n) is 9.59. The summed E-state index contributed by atoms with van der Waals surface area (Å²) in [7, 11) is -4.03. The Balaban J connectivity index is 1.95. The minimum Gasteiger partial charge on any atom is -0.386 e. The van der Waals surface area contributed by atoms with E-state index in [2.05, 4.69) is 41.5 Å². The van der Waals surface area contributed by atoms with Crippen LogP contribution in [0.4, 0.5) is 0 Å². The van der Waals surface area contributed by atoms with Crippen molar-refractivity contribution in [3.05, 3.63) is 90.0 Å². The SMILES string of the molecule is CC(C)(C)c1cccc(OP(=O)(Oc2ccccc2)Oc2cccc(C(C)(C)C)c2)c1. The summed E-state index contributed by atoms with van der Waals surface area (Å²) in [5.74, 6) is 1.27. The minimum atomic E-state index is -4.03. The summed E-state index contributed by atoms with van der Waals surface area (Å²) in [5.41, 5.74) is 1.97. The van der Waals surface area contributed by atoms with Gasteiger partial charge >= 0.3 is 7.82 Å². The molecule has 0 aromatic heterocycles. The lowest BCUT2D eigenvalue weighted by atomic mass is 9.87. The highest BCUT2D eigenvalue weighted by atomic mass is 31.2. The van der Waals surface area contributed by atoms with Crippen molar-refractivity contribution < 1.29 is 18.1 Å². The van der Waals surface area contributed by atoms with Crippen LogP contribution in [0.5, 0.6) is 17.2 Å². The number of rotatable bonds is 6. The second-order valence-corrected chi connectivity index (χ2v) is 11.0. The van der Waals surface area contributed by atoms with Crippen molar-refractivity contribution in [2.75, 3.05) is 0 Å². The number of para-hydroxylation sites is 1. The molecule has 0 spiro atoms. The highest BCUT2D eigenvalue weighted by Gasteiger charge is 2.34. The van der Waals surface area contributed by atoms with Crippen LogP contribution in [0.15, 0.2) is 78.9 Å². The van der Waals surface area contributed by atoms with Gasteiger partial charge in [0.05, 0.1) is 0 Å². The lowest BCUT2D eigenvalue weighted by Crippen LogP contribution is -2.13. The van der Waals surface area contributed by atoms with Gasteiger partial charge < -0.3 is 13.6 Å². The lowest BCUT2D eigenvalue weighted by Gasteiger charge is -2.23. The number of hydrogen-bond acceptors (Lipinski definition) is 4. The molecule has 0 fully saturated rings. The summed E-state index contributed by atoms with van der Waals surface area (Å²) in [6, 6.07) is 24.0. The molecular weight excluding hydrogens is 407 g/mol. The molecule has 0 aliphatic heterocycles. The van der Waals surface area contributed by atoms with E-state index in [0.29, 0.717) is 17.2 Å². The molecule has 3 rings (SSSR count). The van der Waals surface area contributed by atoms with E-state index in [4.69, 9.17) is 13.6 Å². The molecule has 0 atom stereocenters. The van der Waals surface area contributed by atoms with Gasteiger partial charge in [-0.05, 0) is 58.4 Å². The van der Waals surface area contributed by atoms with E-state index in [1.54, 1.807) is 36.4 Å². The molecule has 0 unspecified atom stereocenters. The second kappa shape index (κ2) is 8.80. The Hall–Kier alpha value is -2.71. The molecule has 0 saturated heterocycles. The minimum absolute atomic E-state index is 0.0778. The summed E-state index contributed by atoms with van der Waals surface area (Å²) in [5, 5.41) is 0. The normalized spacial score (nSPS) is 12.3. The maximum absolute atomic E-state index is 13.8. The molecule has 0 amide bonds. The average Bonchev–Trinajstić information content (AvgIpc) is 2.67. The molecule has 5 heteroatoms. The highest BCUT2D eigenvalue weighted by molar-refractivity contribution is 7.49. The van der Waals surface area contributed by atoms with Crippen molar-refractivity contribution in [3.8, 4) is 17.2 Å². The molecule has 3 aromatic carbocycles. The Bertz CT molecular complexity index is 999. The Kier molecular flexibility index (Phi) is 6.52. The molecule has 0 aliphatic rings. The van der Waals surface area contributed by atoms with E-state index in [0.717, 1.165) is 11.1 Å². The predicted octanol–water partition coefficient (Wildman–Crippen LogP) is 7.93. The quantitative estimate of drug-likeness (QED) is 0.367. The van der Waals surface area contributed by atoms with E-state index in [-0.39, 0.29) is 10.8 Å². The first-order chi connectivity index (χ1) is 14.4. The molecular formula is C26H31O4P. The van der Waals surface area contributed by atoms with Crippen LogP contribution in [-0.4, -0.2) is 0 Å². The maximum Gasteiger partial charge on any atom is 0.647 e. The van der Waals surface area contributed by atoms with Gasteiger partial charge in [-0.15, -0.1) is 0 Å². The van der Waals surface area contributed by atoms with Gasteiger partial charge in [-0.25, -0.2) is 0 Å². The van der Waals surface area contributed by atoms with E-state index in [1.807, 2.05) is 42.5 Å². The van der Waals surface area contributed by atoms with E-state index >= 15 is 0 Å². The fourth-order valence-corrected chi connectivity index (χ4v) is 4.20. The zero-order valence-corrected chi connectivity index (χ0v) is 20.0. The van der Waals surface area contributed by atoms with Gasteiger partial charge in [-0.2, -0.15) is 4.57 Å². The number of phosphoric ester groups is 1. The van der Waals surface area contributed by atoms with Crippen LogP contribution in [0.1, 0.15) is 52.7 Å². The molecule has 0 bridgehead atoms. The van der Waals surface area contributed by atoms with Gasteiger partial charge in [0, 0.05) is 0 Å². The van der Waals surface area contributed by atoms with Crippen molar-refractivity contribution in [2.24, 2.45) is 0 Å². The topological polar surface area (TPSA) is 44.8 Å². The molecule has 0 aliphatic carbocycles. The molecule has 0 heterocycles. The third-order valence-electron chi connectivity index (χ3n) is 4.79. The number of hydrogen-bond donors (Lipinski definition) is 0. The molecule has 164 valence electrons. The van der Waals surface area contributed by atoms with Crippen LogP contribution in [0.25, 0.3) is 0 Å². The van der Waals surface area contributed by atoms with Crippen molar-refractivity contribution >= 4 is 7.82 Å². The number of benzene rings is 3. The van der Waals surface area contributed by atoms with Gasteiger partial charge in [0.2, 0.25) is 0 Å². The van der Waals surface area contributed by atoms with Crippen LogP contribution in [0, 0.1) is 0 Å². The first-order valence-electron chi connectivity index (χ1n) is 10.4. The van der Waals surface area contributed by atoms with Crippen LogP contribution in [-0.2, 0) is 15.4 Å². The maximum atomic E-state index is 13.8. The van der Waals surface area contributed by atoms with Crippen molar-refractivity contribution in [2.45, 2.75) is 52.4 Å². The third-order valence-corrected chi connectivity index (χ3v) is 6.10. The van der Waals surface area contributed by atoms with Crippen LogP contribution in [0.2, 0.25) is 0 Å². The molecule has 0 saturated carbocycles. The first kappa shape index (κ1) is 23.0. The van der Waals surface area contributed by atoms with Gasteiger partial charge in [0.25, 0.3) is 0 Å². The third kappa shape index (κ3) is 6.38. The van der Waals surface area contributed by atoms with Gasteiger partial charge in [-0.1, -0.05) is 84.0 Å². The van der Waals surface area contributed by atoms with Crippen LogP contribution in [0.3, 0.4) is 0 Å².